The molecule has 8 rings (SSSR count). The van der Waals surface area contributed by atoms with Crippen LogP contribution in [0, 0.1) is 0 Å². The number of H-pyrrole nitrogens is 1. The normalized spacial score (nSPS) is 28.6. The molecule has 4 unspecified atom stereocenters. The maximum absolute atomic E-state index is 13.5. The van der Waals surface area contributed by atoms with Crippen LogP contribution in [-0.2, 0) is 82.1 Å². The number of aliphatic hydroxyl groups excluding tert-OH is 1. The number of nitrogens with zero attached hydrogens (tertiary/aromatic N) is 8. The van der Waals surface area contributed by atoms with Gasteiger partial charge in [-0.2, -0.15) is 17.6 Å². The van der Waals surface area contributed by atoms with Gasteiger partial charge in [-0.15, -0.1) is 0 Å². The second-order valence-corrected chi connectivity index (χ2v) is 20.9. The molecular weight excluding hydrogens is 1050 g/mol. The van der Waals surface area contributed by atoms with Gasteiger partial charge in [-0.1, -0.05) is 0 Å². The lowest BCUT2D eigenvalue weighted by atomic mass is 10.1. The van der Waals surface area contributed by atoms with Gasteiger partial charge in [0.1, 0.15) is 36.8 Å². The van der Waals surface area contributed by atoms with E-state index in [1.165, 1.54) is 21.8 Å². The number of phosphoric ester groups is 1. The van der Waals surface area contributed by atoms with E-state index < -0.39 is 99.3 Å². The number of hydrogen-bond donors (Lipinski definition) is 8. The van der Waals surface area contributed by atoms with Crippen molar-refractivity contribution in [3.63, 3.8) is 0 Å². The number of fused-ring (bicyclic) bond motifs is 4. The number of rotatable bonds is 21. The number of nitrogens with two attached hydrogens (primary N) is 1. The van der Waals surface area contributed by atoms with Crippen LogP contribution in [0.4, 0.5) is 11.8 Å². The number of aromatic nitrogens is 8. The van der Waals surface area contributed by atoms with E-state index >= 15 is 0 Å². The number of thiol groups is 1. The lowest BCUT2D eigenvalue weighted by Gasteiger charge is -2.29. The second kappa shape index (κ2) is 24.3. The number of imide groups is 1. The summed E-state index contributed by atoms with van der Waals surface area (Å²) in [5, 5.41) is 15.7. The van der Waals surface area contributed by atoms with Crippen LogP contribution in [-0.4, -0.2) is 197 Å². The lowest BCUT2D eigenvalue weighted by Crippen LogP contribution is -2.38. The lowest BCUT2D eigenvalue weighted by molar-refractivity contribution is -0.137. The molecule has 35 heteroatoms. The van der Waals surface area contributed by atoms with Crippen molar-refractivity contribution in [1.82, 2.24) is 49.3 Å². The summed E-state index contributed by atoms with van der Waals surface area (Å²) in [4.78, 5) is 107. The van der Waals surface area contributed by atoms with Gasteiger partial charge < -0.3 is 64.2 Å². The van der Waals surface area contributed by atoms with Crippen LogP contribution in [0.3, 0.4) is 0 Å². The summed E-state index contributed by atoms with van der Waals surface area (Å²) in [6.07, 6.45) is -3.76. The molecule has 0 saturated carbocycles. The molecule has 4 aliphatic rings. The summed E-state index contributed by atoms with van der Waals surface area (Å²) < 4.78 is 72.5. The molecular formula is C38H50N12O19P2S2. The number of imidazole rings is 2. The molecule has 0 spiro atoms. The fourth-order valence-electron chi connectivity index (χ4n) is 7.73. The van der Waals surface area contributed by atoms with Crippen molar-refractivity contribution in [1.29, 1.82) is 0 Å². The first-order valence-corrected chi connectivity index (χ1v) is 26.9. The number of anilines is 2. The van der Waals surface area contributed by atoms with Gasteiger partial charge in [-0.05, 0) is 11.8 Å². The van der Waals surface area contributed by atoms with E-state index in [0.717, 1.165) is 23.4 Å². The number of nitrogen functional groups attached to an aromatic ring is 1. The predicted octanol–water partition coefficient (Wildman–Crippen LogP) is -2.04. The zero-order chi connectivity index (χ0) is 51.9. The van der Waals surface area contributed by atoms with E-state index in [4.69, 9.17) is 64.1 Å². The van der Waals surface area contributed by atoms with Crippen molar-refractivity contribution in [3.8, 4) is 0 Å². The number of hydrogen-bond acceptors (Lipinski definition) is 25. The molecule has 3 fully saturated rings. The van der Waals surface area contributed by atoms with Crippen LogP contribution in [0.25, 0.3) is 22.3 Å². The minimum Gasteiger partial charge on any atom is -0.386 e. The monoisotopic (exact) mass is 1100 g/mol. The maximum atomic E-state index is 13.5. The Bertz CT molecular complexity index is 2820. The summed E-state index contributed by atoms with van der Waals surface area (Å²) in [6, 6.07) is 0. The molecule has 8 heterocycles. The third-order valence-electron chi connectivity index (χ3n) is 11.2. The number of carbonyl (C=O) groups is 4. The van der Waals surface area contributed by atoms with Crippen molar-refractivity contribution in [2.45, 2.75) is 61.1 Å². The third kappa shape index (κ3) is 13.6. The predicted molar refractivity (Wildman–Crippen MR) is 252 cm³/mol. The van der Waals surface area contributed by atoms with Crippen molar-refractivity contribution in [2.75, 3.05) is 90.2 Å². The number of amides is 4. The average Bonchev–Trinajstić information content (AvgIpc) is 4.16. The average molecular weight is 1100 g/mol. The molecule has 4 aromatic heterocycles. The Morgan fingerprint density at radius 2 is 1.42 bits per heavy atom. The molecule has 0 radical (unpaired) electrons. The highest BCUT2D eigenvalue weighted by molar-refractivity contribution is 8.07. The van der Waals surface area contributed by atoms with Crippen LogP contribution in [0.2, 0.25) is 0 Å². The highest BCUT2D eigenvalue weighted by atomic mass is 32.5. The molecule has 4 aromatic rings. The molecule has 73 heavy (non-hydrogen) atoms. The van der Waals surface area contributed by atoms with E-state index in [9.17, 15) is 43.4 Å². The molecule has 3 saturated heterocycles. The van der Waals surface area contributed by atoms with E-state index in [1.807, 2.05) is 0 Å². The van der Waals surface area contributed by atoms with Crippen molar-refractivity contribution < 1.29 is 85.2 Å². The van der Waals surface area contributed by atoms with E-state index in [-0.39, 0.29) is 92.4 Å². The summed E-state index contributed by atoms with van der Waals surface area (Å²) in [5.74, 6) is -1.81. The highest BCUT2D eigenvalue weighted by Crippen LogP contribution is 2.54. The number of nitrogens with one attached hydrogen (secondary N) is 3. The quantitative estimate of drug-likeness (QED) is 0.0193. The van der Waals surface area contributed by atoms with E-state index in [2.05, 4.69) is 53.2 Å². The SMILES string of the molecule is Nc1nc2c(ncn2[C@@H]2O[C@@H]3COP(=O)(O)O[C@@H]4C(S)[C@H](n5cnc6c(NC(=O)CCOCCOCCOCCOCCNC(=O)CCN7C(=O)C=CC7=O)ncnc65)O[C@@H]4COP(O)(=S)OC3[C@@H]2O)c(=O)[nH]1. The molecule has 8 N–H and O–H groups in total. The number of aliphatic hydroxyl groups is 1. The molecule has 4 aliphatic heterocycles. The van der Waals surface area contributed by atoms with Gasteiger partial charge in [0.2, 0.25) is 17.8 Å². The van der Waals surface area contributed by atoms with E-state index in [0.29, 0.717) is 26.4 Å². The largest absolute Gasteiger partial charge is 0.472 e. The van der Waals surface area contributed by atoms with Crippen molar-refractivity contribution in [2.24, 2.45) is 0 Å². The van der Waals surface area contributed by atoms with Crippen molar-refractivity contribution in [3.05, 3.63) is 41.5 Å². The topological polar surface area (TPSA) is 399 Å². The van der Waals surface area contributed by atoms with Gasteiger partial charge in [-0.3, -0.25) is 56.6 Å². The van der Waals surface area contributed by atoms with Crippen LogP contribution >= 0.6 is 27.2 Å². The molecule has 398 valence electrons. The molecule has 0 aliphatic carbocycles. The second-order valence-electron chi connectivity index (χ2n) is 16.1. The Kier molecular flexibility index (Phi) is 18.1. The zero-order valence-corrected chi connectivity index (χ0v) is 41.7. The summed E-state index contributed by atoms with van der Waals surface area (Å²) in [5.41, 5.74) is 5.19. The highest BCUT2D eigenvalue weighted by Gasteiger charge is 2.53. The Hall–Kier alpha value is -4.77. The maximum Gasteiger partial charge on any atom is 0.472 e. The van der Waals surface area contributed by atoms with Crippen molar-refractivity contribution >= 4 is 96.7 Å². The minimum absolute atomic E-state index is 0.00272. The van der Waals surface area contributed by atoms with Crippen LogP contribution < -0.4 is 21.9 Å². The van der Waals surface area contributed by atoms with Gasteiger partial charge in [-0.25, -0.2) is 24.5 Å². The summed E-state index contributed by atoms with van der Waals surface area (Å²) in [7, 11) is -5.01. The Labute approximate surface area is 422 Å². The Balaban J connectivity index is 0.752. The van der Waals surface area contributed by atoms with Crippen LogP contribution in [0.1, 0.15) is 25.3 Å². The van der Waals surface area contributed by atoms with Gasteiger partial charge in [0, 0.05) is 31.7 Å². The fraction of sp³-hybridized carbons (Fsp3) is 0.579. The van der Waals surface area contributed by atoms with Crippen LogP contribution in [0.5, 0.6) is 0 Å². The summed E-state index contributed by atoms with van der Waals surface area (Å²) in [6.45, 7) is -3.38. The van der Waals surface area contributed by atoms with Gasteiger partial charge >= 0.3 is 14.5 Å². The molecule has 10 atom stereocenters. The Morgan fingerprint density at radius 1 is 0.808 bits per heavy atom. The standard InChI is InChI=1S/C38H50N12O19P2S2/c39-38-46-34-27(35(56)47-38)44-19-50(34)36-28(55)29-20(66-36)15-64-70(57,58)68-30-21(16-65-71(59,73)69-29)67-37(31(30)72)49-18-43-26-32(41-17-42-33(26)49)45-23(52)4-7-60-9-11-62-13-14-63-12-10-61-8-5-40-22(51)3-6-48-24(53)1-2-25(48)54/h1-2,17-21,28-31,36-37,55,72H,3-16H2,(H,40,51)(H,57,58)(H,59,73)(H3,39,46,47,56)(H,41,42,45,52)/t20-,21-,28+,29?,30+,31?,36-,37-,71?/m1/s1. The first kappa shape index (κ1) is 54.5. The first-order valence-electron chi connectivity index (χ1n) is 22.3. The minimum atomic E-state index is -5.01. The number of aromatic amines is 1. The van der Waals surface area contributed by atoms with Gasteiger partial charge in [0.25, 0.3) is 17.4 Å². The number of ether oxygens (including phenoxy) is 6. The molecule has 31 nitrogen and oxygen atoms in total. The third-order valence-corrected chi connectivity index (χ3v) is 14.3. The van der Waals surface area contributed by atoms with Crippen LogP contribution in [0.15, 0.2) is 35.9 Å². The number of carbonyl (C=O) groups excluding carboxylic acids is 4. The molecule has 4 amide bonds. The first-order chi connectivity index (χ1) is 35.0. The fourth-order valence-corrected chi connectivity index (χ4v) is 10.7. The molecule has 0 bridgehead atoms. The number of phosphoric acid groups is 1. The zero-order valence-electron chi connectivity index (χ0n) is 38.2. The molecule has 0 aromatic carbocycles. The smallest absolute Gasteiger partial charge is 0.386 e. The Morgan fingerprint density at radius 3 is 2.14 bits per heavy atom. The van der Waals surface area contributed by atoms with Gasteiger partial charge in [0.05, 0.1) is 90.4 Å². The van der Waals surface area contributed by atoms with Gasteiger partial charge in [0.15, 0.2) is 40.6 Å². The summed E-state index contributed by atoms with van der Waals surface area (Å²) >= 11 is 9.97. The van der Waals surface area contributed by atoms with E-state index in [1.54, 1.807) is 0 Å².